The summed E-state index contributed by atoms with van der Waals surface area (Å²) >= 11 is 3.88. The van der Waals surface area contributed by atoms with Crippen molar-refractivity contribution in [1.29, 1.82) is 0 Å². The molecule has 0 atom stereocenters. The highest BCUT2D eigenvalue weighted by molar-refractivity contribution is 9.10. The van der Waals surface area contributed by atoms with Gasteiger partial charge in [-0.1, -0.05) is 328 Å². The predicted octanol–water partition coefficient (Wildman–Crippen LogP) is 24.4. The van der Waals surface area contributed by atoms with Crippen molar-refractivity contribution in [3.8, 4) is 77.9 Å². The zero-order valence-electron chi connectivity index (χ0n) is 52.5. The van der Waals surface area contributed by atoms with Crippen LogP contribution in [0.25, 0.3) is 164 Å². The lowest BCUT2D eigenvalue weighted by Gasteiger charge is -2.18. The Kier molecular flexibility index (Phi) is 16.2. The maximum atomic E-state index is 8.94. The Morgan fingerprint density at radius 1 is 0.177 bits per heavy atom. The van der Waals surface area contributed by atoms with Crippen LogP contribution in [-0.4, -0.2) is 17.2 Å². The largest absolute Gasteiger partial charge is 0.488 e. The number of fused-ring (bicyclic) bond motifs is 8. The van der Waals surface area contributed by atoms with E-state index in [0.29, 0.717) is 5.46 Å². The molecule has 18 rings (SSSR count). The number of benzene rings is 18. The number of halogens is 1. The maximum Gasteiger partial charge on any atom is 0.488 e. The minimum Gasteiger partial charge on any atom is -0.423 e. The summed E-state index contributed by atoms with van der Waals surface area (Å²) in [6.07, 6.45) is 0. The van der Waals surface area contributed by atoms with Crippen LogP contribution in [0.1, 0.15) is 0 Å². The van der Waals surface area contributed by atoms with Crippen molar-refractivity contribution in [1.82, 2.24) is 0 Å². The van der Waals surface area contributed by atoms with Crippen LogP contribution in [0.2, 0.25) is 0 Å². The Morgan fingerprint density at radius 3 is 0.771 bits per heavy atom. The van der Waals surface area contributed by atoms with Crippen LogP contribution in [0, 0.1) is 0 Å². The molecule has 0 radical (unpaired) electrons. The zero-order valence-corrected chi connectivity index (χ0v) is 54.1. The molecule has 0 spiro atoms. The van der Waals surface area contributed by atoms with E-state index < -0.39 is 7.12 Å². The molecule has 0 aliphatic rings. The predicted molar refractivity (Wildman–Crippen MR) is 415 cm³/mol. The third-order valence-electron chi connectivity index (χ3n) is 18.8. The molecule has 0 aliphatic heterocycles. The first-order valence-corrected chi connectivity index (χ1v) is 33.4. The summed E-state index contributed by atoms with van der Waals surface area (Å²) in [7, 11) is -1.39. The maximum absolute atomic E-state index is 8.94. The summed E-state index contributed by atoms with van der Waals surface area (Å²) in [6, 6.07) is 130. The summed E-state index contributed by atoms with van der Waals surface area (Å²) in [5, 5.41) is 38.1. The van der Waals surface area contributed by atoms with Crippen molar-refractivity contribution in [2.24, 2.45) is 0 Å². The molecular formula is C92H62BBrO2. The first-order chi connectivity index (χ1) is 47.3. The molecule has 2 nitrogen and oxygen atoms in total. The van der Waals surface area contributed by atoms with Crippen LogP contribution in [0.3, 0.4) is 0 Å². The molecule has 18 aromatic carbocycles. The van der Waals surface area contributed by atoms with Crippen LogP contribution in [0.5, 0.6) is 0 Å². The second-order valence-electron chi connectivity index (χ2n) is 24.6. The van der Waals surface area contributed by atoms with Crippen LogP contribution in [0.15, 0.2) is 368 Å². The van der Waals surface area contributed by atoms with E-state index in [1.807, 2.05) is 42.5 Å². The highest BCUT2D eigenvalue weighted by Gasteiger charge is 2.19. The number of rotatable bonds is 8. The summed E-state index contributed by atoms with van der Waals surface area (Å²) in [5.74, 6) is 0. The van der Waals surface area contributed by atoms with Gasteiger partial charge in [0.15, 0.2) is 0 Å². The highest BCUT2D eigenvalue weighted by Crippen LogP contribution is 2.46. The molecule has 0 saturated heterocycles. The third-order valence-corrected chi connectivity index (χ3v) is 19.7. The standard InChI is InChI=1S/C46H30.C34H21Br.C12H11BO2/c1-2-10-31(11-3-1)33-18-23-35(24-19-33)45-41-14-6-8-16-43(41)46(44-17-9-7-15-42(44)45)39-27-22-34-21-26-38(29-40(34)30-39)37-25-20-32-12-4-5-13-36(32)28-37;35-34-31-11-5-3-9-29(31)33(30-10-4-6-12-32(30)34)27-18-15-23-14-17-26(20-28(23)21-27)25-16-13-22-7-1-2-8-24(22)19-25;14-13(15)12-8-6-11(7-9-12)10-4-2-1-3-5-10/h1-30H;1-21H;1-9,14-15H. The van der Waals surface area contributed by atoms with Gasteiger partial charge in [-0.3, -0.25) is 0 Å². The van der Waals surface area contributed by atoms with Gasteiger partial charge in [0.25, 0.3) is 0 Å². The molecule has 4 heteroatoms. The molecule has 0 bridgehead atoms. The van der Waals surface area contributed by atoms with E-state index in [0.717, 1.165) is 15.6 Å². The van der Waals surface area contributed by atoms with Gasteiger partial charge in [0.05, 0.1) is 0 Å². The molecule has 0 saturated carbocycles. The van der Waals surface area contributed by atoms with Crippen molar-refractivity contribution in [2.45, 2.75) is 0 Å². The lowest BCUT2D eigenvalue weighted by atomic mass is 9.80. The minimum absolute atomic E-state index is 0.509. The van der Waals surface area contributed by atoms with Gasteiger partial charge in [0.2, 0.25) is 0 Å². The first kappa shape index (κ1) is 59.5. The molecule has 452 valence electrons. The molecule has 96 heavy (non-hydrogen) atoms. The third kappa shape index (κ3) is 11.7. The monoisotopic (exact) mass is 1290 g/mol. The van der Waals surface area contributed by atoms with Gasteiger partial charge in [-0.15, -0.1) is 0 Å². The lowest BCUT2D eigenvalue weighted by molar-refractivity contribution is 0.426. The molecule has 0 aliphatic carbocycles. The summed E-state index contributed by atoms with van der Waals surface area (Å²) in [5.41, 5.74) is 17.7. The van der Waals surface area contributed by atoms with Crippen LogP contribution in [0.4, 0.5) is 0 Å². The first-order valence-electron chi connectivity index (χ1n) is 32.6. The van der Waals surface area contributed by atoms with Crippen molar-refractivity contribution < 1.29 is 10.0 Å². The van der Waals surface area contributed by atoms with E-state index >= 15 is 0 Å². The molecule has 0 amide bonds. The summed E-state index contributed by atoms with van der Waals surface area (Å²) in [4.78, 5) is 0. The topological polar surface area (TPSA) is 40.5 Å². The van der Waals surface area contributed by atoms with Crippen molar-refractivity contribution in [3.63, 3.8) is 0 Å². The SMILES string of the molecule is Brc1c2ccccc2c(-c2ccc3ccc(-c4ccc5ccccc5c4)cc3c2)c2ccccc12.OB(O)c1ccc(-c2ccccc2)cc1.c1ccc(-c2ccc(-c3c4ccccc4c(-c4ccc5ccc(-c6ccc7ccccc7c6)cc5c4)c4ccccc34)cc2)cc1. The Bertz CT molecular complexity index is 5810. The Hall–Kier alpha value is -11.5. The fourth-order valence-electron chi connectivity index (χ4n) is 14.0. The van der Waals surface area contributed by atoms with Gasteiger partial charge in [0, 0.05) is 4.47 Å². The fourth-order valence-corrected chi connectivity index (χ4v) is 14.7. The molecule has 18 aromatic rings. The van der Waals surface area contributed by atoms with E-state index in [1.165, 1.54) is 153 Å². The van der Waals surface area contributed by atoms with E-state index in [4.69, 9.17) is 10.0 Å². The molecule has 2 N–H and O–H groups in total. The van der Waals surface area contributed by atoms with Crippen LogP contribution >= 0.6 is 15.9 Å². The van der Waals surface area contributed by atoms with Crippen molar-refractivity contribution in [2.75, 3.05) is 0 Å². The van der Waals surface area contributed by atoms with Crippen LogP contribution in [-0.2, 0) is 0 Å². The minimum atomic E-state index is -1.39. The van der Waals surface area contributed by atoms with Gasteiger partial charge in [-0.25, -0.2) is 0 Å². The zero-order chi connectivity index (χ0) is 64.5. The fraction of sp³-hybridized carbons (Fsp3) is 0. The molecule has 0 unspecified atom stereocenters. The van der Waals surface area contributed by atoms with E-state index in [-0.39, 0.29) is 0 Å². The van der Waals surface area contributed by atoms with Gasteiger partial charge in [-0.05, 0) is 222 Å². The van der Waals surface area contributed by atoms with Crippen molar-refractivity contribution in [3.05, 3.63) is 368 Å². The molecule has 0 heterocycles. The van der Waals surface area contributed by atoms with Crippen LogP contribution < -0.4 is 5.46 Å². The van der Waals surface area contributed by atoms with Gasteiger partial charge < -0.3 is 10.0 Å². The summed E-state index contributed by atoms with van der Waals surface area (Å²) < 4.78 is 1.16. The van der Waals surface area contributed by atoms with Gasteiger partial charge >= 0.3 is 7.12 Å². The van der Waals surface area contributed by atoms with Gasteiger partial charge in [0.1, 0.15) is 0 Å². The smallest absolute Gasteiger partial charge is 0.423 e. The summed E-state index contributed by atoms with van der Waals surface area (Å²) in [6.45, 7) is 0. The Labute approximate surface area is 567 Å². The quantitative estimate of drug-likeness (QED) is 0.118. The van der Waals surface area contributed by atoms with E-state index in [1.54, 1.807) is 12.1 Å². The lowest BCUT2D eigenvalue weighted by Crippen LogP contribution is -2.29. The van der Waals surface area contributed by atoms with E-state index in [2.05, 4.69) is 325 Å². The number of hydrogen-bond acceptors (Lipinski definition) is 2. The Balaban J connectivity index is 0.000000127. The average molecular weight is 1290 g/mol. The number of hydrogen-bond donors (Lipinski definition) is 2. The molecule has 0 aromatic heterocycles. The average Bonchev–Trinajstić information content (AvgIpc) is 0.754. The molecule has 0 fully saturated rings. The Morgan fingerprint density at radius 2 is 0.406 bits per heavy atom. The second-order valence-corrected chi connectivity index (χ2v) is 25.4. The van der Waals surface area contributed by atoms with Crippen molar-refractivity contribution >= 4 is 115 Å². The van der Waals surface area contributed by atoms with E-state index in [9.17, 15) is 0 Å². The van der Waals surface area contributed by atoms with Gasteiger partial charge in [-0.2, -0.15) is 0 Å². The second kappa shape index (κ2) is 26.1. The highest BCUT2D eigenvalue weighted by atomic mass is 79.9. The normalized spacial score (nSPS) is 11.3. The molecular weight excluding hydrogens is 1230 g/mol.